The predicted octanol–water partition coefficient (Wildman–Crippen LogP) is 2.90. The first-order valence-electron chi connectivity index (χ1n) is 7.85. The summed E-state index contributed by atoms with van der Waals surface area (Å²) >= 11 is 1.49. The van der Waals surface area contributed by atoms with E-state index in [2.05, 4.69) is 22.3 Å². The zero-order valence-corrected chi connectivity index (χ0v) is 14.5. The molecule has 0 radical (unpaired) electrons. The van der Waals surface area contributed by atoms with Crippen molar-refractivity contribution in [3.63, 3.8) is 0 Å². The molecule has 0 aromatic carbocycles. The van der Waals surface area contributed by atoms with Gasteiger partial charge in [-0.2, -0.15) is 5.10 Å². The van der Waals surface area contributed by atoms with Crippen molar-refractivity contribution >= 4 is 17.2 Å². The van der Waals surface area contributed by atoms with Gasteiger partial charge in [0, 0.05) is 30.9 Å². The third kappa shape index (κ3) is 4.32. The van der Waals surface area contributed by atoms with Crippen molar-refractivity contribution in [1.29, 1.82) is 0 Å². The highest BCUT2D eigenvalue weighted by molar-refractivity contribution is 7.13. The number of hydrogen-bond acceptors (Lipinski definition) is 5. The molecule has 126 valence electrons. The molecule has 0 spiro atoms. The van der Waals surface area contributed by atoms with Crippen LogP contribution in [0.3, 0.4) is 0 Å². The van der Waals surface area contributed by atoms with Crippen molar-refractivity contribution in [3.05, 3.63) is 47.4 Å². The average molecular weight is 344 g/mol. The number of amides is 1. The van der Waals surface area contributed by atoms with E-state index in [0.717, 1.165) is 28.8 Å². The van der Waals surface area contributed by atoms with E-state index in [9.17, 15) is 4.79 Å². The third-order valence-electron chi connectivity index (χ3n) is 3.55. The molecule has 6 nitrogen and oxygen atoms in total. The van der Waals surface area contributed by atoms with E-state index in [4.69, 9.17) is 4.42 Å². The molecule has 3 rings (SSSR count). The number of aromatic nitrogens is 3. The molecule has 0 fully saturated rings. The second-order valence-electron chi connectivity index (χ2n) is 5.87. The Morgan fingerprint density at radius 3 is 3.04 bits per heavy atom. The molecule has 3 aromatic rings. The molecule has 0 aliphatic rings. The van der Waals surface area contributed by atoms with Crippen molar-refractivity contribution in [2.45, 2.75) is 26.8 Å². The maximum absolute atomic E-state index is 12.1. The van der Waals surface area contributed by atoms with E-state index in [1.54, 1.807) is 6.20 Å². The second kappa shape index (κ2) is 7.44. The van der Waals surface area contributed by atoms with Gasteiger partial charge in [-0.15, -0.1) is 11.3 Å². The highest BCUT2D eigenvalue weighted by atomic mass is 32.1. The number of aryl methyl sites for hydroxylation is 1. The molecule has 3 heterocycles. The number of rotatable bonds is 7. The van der Waals surface area contributed by atoms with Crippen LogP contribution in [0.1, 0.15) is 18.4 Å². The van der Waals surface area contributed by atoms with Crippen molar-refractivity contribution in [1.82, 2.24) is 20.1 Å². The Kier molecular flexibility index (Phi) is 5.10. The molecule has 24 heavy (non-hydrogen) atoms. The summed E-state index contributed by atoms with van der Waals surface area (Å²) in [7, 11) is 0. The van der Waals surface area contributed by atoms with Crippen LogP contribution in [0.2, 0.25) is 0 Å². The largest absolute Gasteiger partial charge is 0.459 e. The van der Waals surface area contributed by atoms with Crippen LogP contribution < -0.4 is 5.32 Å². The average Bonchev–Trinajstić information content (AvgIpc) is 3.27. The quantitative estimate of drug-likeness (QED) is 0.715. The predicted molar refractivity (Wildman–Crippen MR) is 92.7 cm³/mol. The number of carbonyl (C=O) groups excluding carboxylic acids is 1. The van der Waals surface area contributed by atoms with Gasteiger partial charge in [0.05, 0.1) is 12.1 Å². The maximum Gasteiger partial charge on any atom is 0.226 e. The van der Waals surface area contributed by atoms with Crippen molar-refractivity contribution < 1.29 is 9.21 Å². The van der Waals surface area contributed by atoms with Crippen LogP contribution in [0.4, 0.5) is 0 Å². The normalized spacial score (nSPS) is 12.2. The van der Waals surface area contributed by atoms with Gasteiger partial charge in [0.1, 0.15) is 5.76 Å². The Morgan fingerprint density at radius 1 is 1.46 bits per heavy atom. The fraction of sp³-hybridized carbons (Fsp3) is 0.353. The Bertz CT molecular complexity index is 791. The van der Waals surface area contributed by atoms with E-state index in [0.29, 0.717) is 12.5 Å². The van der Waals surface area contributed by atoms with Gasteiger partial charge < -0.3 is 9.73 Å². The summed E-state index contributed by atoms with van der Waals surface area (Å²) in [5.74, 6) is 1.89. The van der Waals surface area contributed by atoms with E-state index < -0.39 is 0 Å². The van der Waals surface area contributed by atoms with E-state index in [1.807, 2.05) is 41.4 Å². The van der Waals surface area contributed by atoms with Gasteiger partial charge in [-0.25, -0.2) is 4.98 Å². The number of carbonyl (C=O) groups is 1. The molecular formula is C17H20N4O2S. The summed E-state index contributed by atoms with van der Waals surface area (Å²) < 4.78 is 7.43. The van der Waals surface area contributed by atoms with Crippen LogP contribution in [0.5, 0.6) is 0 Å². The standard InChI is InChI=1S/C17H20N4O2S/c1-12(10-21-7-3-6-19-21)9-18-16(22)8-14-11-24-17(20-14)15-5-4-13(2)23-15/h3-7,11-12H,8-10H2,1-2H3,(H,18,22). The monoisotopic (exact) mass is 344 g/mol. The fourth-order valence-corrected chi connectivity index (χ4v) is 3.14. The minimum absolute atomic E-state index is 0.0187. The lowest BCUT2D eigenvalue weighted by Gasteiger charge is -2.12. The summed E-state index contributed by atoms with van der Waals surface area (Å²) in [6, 6.07) is 5.70. The van der Waals surface area contributed by atoms with Crippen LogP contribution >= 0.6 is 11.3 Å². The number of furan rings is 1. The van der Waals surface area contributed by atoms with E-state index in [-0.39, 0.29) is 12.3 Å². The van der Waals surface area contributed by atoms with Gasteiger partial charge in [-0.3, -0.25) is 9.48 Å². The van der Waals surface area contributed by atoms with Crippen LogP contribution in [0, 0.1) is 12.8 Å². The summed E-state index contributed by atoms with van der Waals surface area (Å²) in [4.78, 5) is 16.5. The van der Waals surface area contributed by atoms with Gasteiger partial charge in [0.2, 0.25) is 5.91 Å². The summed E-state index contributed by atoms with van der Waals surface area (Å²) in [6.45, 7) is 5.39. The fourth-order valence-electron chi connectivity index (χ4n) is 2.36. The SMILES string of the molecule is Cc1ccc(-c2nc(CC(=O)NCC(C)Cn3cccn3)cs2)o1. The van der Waals surface area contributed by atoms with Gasteiger partial charge in [0.25, 0.3) is 0 Å². The Morgan fingerprint density at radius 2 is 2.33 bits per heavy atom. The first-order chi connectivity index (χ1) is 11.6. The maximum atomic E-state index is 12.1. The van der Waals surface area contributed by atoms with Gasteiger partial charge in [-0.05, 0) is 31.0 Å². The molecule has 0 bridgehead atoms. The minimum Gasteiger partial charge on any atom is -0.459 e. The highest BCUT2D eigenvalue weighted by Gasteiger charge is 2.12. The second-order valence-corrected chi connectivity index (χ2v) is 6.73. The van der Waals surface area contributed by atoms with Crippen LogP contribution in [0.15, 0.2) is 40.4 Å². The van der Waals surface area contributed by atoms with Crippen LogP contribution in [-0.4, -0.2) is 27.2 Å². The summed E-state index contributed by atoms with van der Waals surface area (Å²) in [5, 5.41) is 9.83. The molecule has 0 saturated heterocycles. The molecule has 0 aliphatic carbocycles. The van der Waals surface area contributed by atoms with Crippen LogP contribution in [-0.2, 0) is 17.8 Å². The molecule has 1 N–H and O–H groups in total. The Hall–Kier alpha value is -2.41. The van der Waals surface area contributed by atoms with Crippen molar-refractivity contribution in [3.8, 4) is 10.8 Å². The first-order valence-corrected chi connectivity index (χ1v) is 8.73. The van der Waals surface area contributed by atoms with Crippen molar-refractivity contribution in [2.75, 3.05) is 6.54 Å². The number of hydrogen-bond donors (Lipinski definition) is 1. The molecule has 3 aromatic heterocycles. The lowest BCUT2D eigenvalue weighted by atomic mass is 10.2. The Labute approximate surface area is 144 Å². The first kappa shape index (κ1) is 16.4. The van der Waals surface area contributed by atoms with E-state index >= 15 is 0 Å². The zero-order chi connectivity index (χ0) is 16.9. The Balaban J connectivity index is 1.47. The molecule has 7 heteroatoms. The van der Waals surface area contributed by atoms with Gasteiger partial charge >= 0.3 is 0 Å². The van der Waals surface area contributed by atoms with Crippen molar-refractivity contribution in [2.24, 2.45) is 5.92 Å². The number of nitrogens with one attached hydrogen (secondary N) is 1. The molecule has 0 saturated carbocycles. The lowest BCUT2D eigenvalue weighted by Crippen LogP contribution is -2.31. The molecule has 0 aliphatic heterocycles. The van der Waals surface area contributed by atoms with Crippen LogP contribution in [0.25, 0.3) is 10.8 Å². The number of nitrogens with zero attached hydrogens (tertiary/aromatic N) is 3. The molecule has 1 atom stereocenters. The van der Waals surface area contributed by atoms with Gasteiger partial charge in [-0.1, -0.05) is 6.92 Å². The third-order valence-corrected chi connectivity index (χ3v) is 4.46. The minimum atomic E-state index is -0.0187. The smallest absolute Gasteiger partial charge is 0.226 e. The van der Waals surface area contributed by atoms with Gasteiger partial charge in [0.15, 0.2) is 10.8 Å². The molecule has 1 unspecified atom stereocenters. The highest BCUT2D eigenvalue weighted by Crippen LogP contribution is 2.25. The summed E-state index contributed by atoms with van der Waals surface area (Å²) in [5.41, 5.74) is 0.765. The molecule has 1 amide bonds. The number of thiazole rings is 1. The zero-order valence-electron chi connectivity index (χ0n) is 13.7. The van der Waals surface area contributed by atoms with E-state index in [1.165, 1.54) is 11.3 Å². The summed E-state index contributed by atoms with van der Waals surface area (Å²) in [6.07, 6.45) is 3.96. The topological polar surface area (TPSA) is 73.0 Å². The molecular weight excluding hydrogens is 324 g/mol. The lowest BCUT2D eigenvalue weighted by molar-refractivity contribution is -0.120.